The Balaban J connectivity index is 1.31. The Bertz CT molecular complexity index is 1020. The number of rotatable bonds is 7. The summed E-state index contributed by atoms with van der Waals surface area (Å²) in [7, 11) is 0. The molecule has 0 spiro atoms. The number of anilines is 1. The van der Waals surface area contributed by atoms with Crippen molar-refractivity contribution in [2.45, 2.75) is 6.54 Å². The average Bonchev–Trinajstić information content (AvgIpc) is 2.80. The SMILES string of the molecule is O=C(COc1ccc(-c2ccccc2)cc1Cl)Nc1cccc(CN2CCOCC2)c1. The van der Waals surface area contributed by atoms with Gasteiger partial charge in [0.2, 0.25) is 0 Å². The highest BCUT2D eigenvalue weighted by atomic mass is 35.5. The van der Waals surface area contributed by atoms with Gasteiger partial charge in [-0.1, -0.05) is 60.1 Å². The van der Waals surface area contributed by atoms with Gasteiger partial charge in [-0.05, 0) is 41.0 Å². The number of hydrogen-bond donors (Lipinski definition) is 1. The minimum absolute atomic E-state index is 0.113. The van der Waals surface area contributed by atoms with Gasteiger partial charge < -0.3 is 14.8 Å². The third-order valence-electron chi connectivity index (χ3n) is 5.12. The van der Waals surface area contributed by atoms with Gasteiger partial charge in [-0.25, -0.2) is 0 Å². The first-order chi connectivity index (χ1) is 15.2. The molecule has 1 heterocycles. The van der Waals surface area contributed by atoms with Crippen LogP contribution in [0.15, 0.2) is 72.8 Å². The lowest BCUT2D eigenvalue weighted by molar-refractivity contribution is -0.118. The zero-order valence-electron chi connectivity index (χ0n) is 17.2. The van der Waals surface area contributed by atoms with Crippen molar-refractivity contribution in [3.63, 3.8) is 0 Å². The van der Waals surface area contributed by atoms with E-state index in [-0.39, 0.29) is 12.5 Å². The summed E-state index contributed by atoms with van der Waals surface area (Å²) in [5.74, 6) is 0.254. The van der Waals surface area contributed by atoms with Crippen LogP contribution in [0.25, 0.3) is 11.1 Å². The van der Waals surface area contributed by atoms with E-state index in [9.17, 15) is 4.79 Å². The summed E-state index contributed by atoms with van der Waals surface area (Å²) in [6.07, 6.45) is 0. The van der Waals surface area contributed by atoms with Gasteiger partial charge in [0.1, 0.15) is 5.75 Å². The van der Waals surface area contributed by atoms with Crippen LogP contribution in [0.4, 0.5) is 5.69 Å². The molecule has 3 aromatic carbocycles. The first-order valence-corrected chi connectivity index (χ1v) is 10.7. The van der Waals surface area contributed by atoms with Crippen LogP contribution in [-0.2, 0) is 16.1 Å². The van der Waals surface area contributed by atoms with Gasteiger partial charge in [-0.2, -0.15) is 0 Å². The molecule has 1 amide bonds. The molecule has 0 aromatic heterocycles. The molecule has 6 heteroatoms. The van der Waals surface area contributed by atoms with Crippen molar-refractivity contribution in [3.05, 3.63) is 83.4 Å². The number of benzene rings is 3. The van der Waals surface area contributed by atoms with Crippen LogP contribution < -0.4 is 10.1 Å². The van der Waals surface area contributed by atoms with Crippen molar-refractivity contribution >= 4 is 23.2 Å². The van der Waals surface area contributed by atoms with Crippen LogP contribution in [0.3, 0.4) is 0 Å². The maximum absolute atomic E-state index is 12.4. The highest BCUT2D eigenvalue weighted by Gasteiger charge is 2.12. The predicted molar refractivity (Wildman–Crippen MR) is 124 cm³/mol. The van der Waals surface area contributed by atoms with Gasteiger partial charge in [-0.3, -0.25) is 9.69 Å². The predicted octanol–water partition coefficient (Wildman–Crippen LogP) is 4.86. The van der Waals surface area contributed by atoms with Crippen LogP contribution in [0, 0.1) is 0 Å². The third kappa shape index (κ3) is 6.07. The summed E-state index contributed by atoms with van der Waals surface area (Å²) in [6, 6.07) is 23.4. The number of carbonyl (C=O) groups is 1. The molecule has 0 radical (unpaired) electrons. The number of ether oxygens (including phenoxy) is 2. The third-order valence-corrected chi connectivity index (χ3v) is 5.41. The Morgan fingerprint density at radius 2 is 1.77 bits per heavy atom. The molecule has 1 fully saturated rings. The van der Waals surface area contributed by atoms with E-state index >= 15 is 0 Å². The molecule has 160 valence electrons. The summed E-state index contributed by atoms with van der Waals surface area (Å²) in [6.45, 7) is 4.11. The van der Waals surface area contributed by atoms with Crippen molar-refractivity contribution in [2.24, 2.45) is 0 Å². The molecule has 1 saturated heterocycles. The molecule has 1 aliphatic heterocycles. The molecule has 4 rings (SSSR count). The van der Waals surface area contributed by atoms with Gasteiger partial charge in [-0.15, -0.1) is 0 Å². The lowest BCUT2D eigenvalue weighted by atomic mass is 10.1. The Labute approximate surface area is 187 Å². The quantitative estimate of drug-likeness (QED) is 0.574. The van der Waals surface area contributed by atoms with E-state index in [0.717, 1.165) is 55.2 Å². The molecule has 31 heavy (non-hydrogen) atoms. The maximum atomic E-state index is 12.4. The number of halogens is 1. The van der Waals surface area contributed by atoms with E-state index in [1.807, 2.05) is 60.7 Å². The maximum Gasteiger partial charge on any atom is 0.262 e. The summed E-state index contributed by atoms with van der Waals surface area (Å²) < 4.78 is 11.0. The number of carbonyl (C=O) groups excluding carboxylic acids is 1. The first-order valence-electron chi connectivity index (χ1n) is 10.3. The second kappa shape index (κ2) is 10.4. The van der Waals surface area contributed by atoms with Crippen molar-refractivity contribution in [1.29, 1.82) is 0 Å². The van der Waals surface area contributed by atoms with E-state index in [1.54, 1.807) is 6.07 Å². The smallest absolute Gasteiger partial charge is 0.262 e. The largest absolute Gasteiger partial charge is 0.482 e. The van der Waals surface area contributed by atoms with Gasteiger partial charge in [0.05, 0.1) is 18.2 Å². The van der Waals surface area contributed by atoms with Gasteiger partial charge in [0, 0.05) is 25.3 Å². The van der Waals surface area contributed by atoms with Gasteiger partial charge in [0.15, 0.2) is 6.61 Å². The highest BCUT2D eigenvalue weighted by molar-refractivity contribution is 6.32. The number of nitrogens with zero attached hydrogens (tertiary/aromatic N) is 1. The second-order valence-corrected chi connectivity index (χ2v) is 7.84. The van der Waals surface area contributed by atoms with Crippen LogP contribution in [0.2, 0.25) is 5.02 Å². The molecule has 1 N–H and O–H groups in total. The molecule has 0 aliphatic carbocycles. The summed E-state index contributed by atoms with van der Waals surface area (Å²) in [5, 5.41) is 3.37. The fourth-order valence-electron chi connectivity index (χ4n) is 3.53. The molecule has 0 saturated carbocycles. The highest BCUT2D eigenvalue weighted by Crippen LogP contribution is 2.30. The summed E-state index contributed by atoms with van der Waals surface area (Å²) in [4.78, 5) is 14.7. The van der Waals surface area contributed by atoms with E-state index in [0.29, 0.717) is 10.8 Å². The first kappa shape index (κ1) is 21.4. The number of hydrogen-bond acceptors (Lipinski definition) is 4. The minimum Gasteiger partial charge on any atom is -0.482 e. The van der Waals surface area contributed by atoms with Crippen molar-refractivity contribution < 1.29 is 14.3 Å². The van der Waals surface area contributed by atoms with Crippen molar-refractivity contribution in [3.8, 4) is 16.9 Å². The standard InChI is InChI=1S/C25H25ClN2O3/c26-23-16-21(20-6-2-1-3-7-20)9-10-24(23)31-18-25(29)27-22-8-4-5-19(15-22)17-28-11-13-30-14-12-28/h1-10,15-16H,11-14,17-18H2,(H,27,29). The summed E-state index contributed by atoms with van der Waals surface area (Å²) >= 11 is 6.37. The Morgan fingerprint density at radius 1 is 0.968 bits per heavy atom. The van der Waals surface area contributed by atoms with E-state index in [1.165, 1.54) is 0 Å². The molecule has 3 aromatic rings. The second-order valence-electron chi connectivity index (χ2n) is 7.44. The lowest BCUT2D eigenvalue weighted by Crippen LogP contribution is -2.35. The van der Waals surface area contributed by atoms with Gasteiger partial charge in [0.25, 0.3) is 5.91 Å². The Hall–Kier alpha value is -2.86. The molecular formula is C25H25ClN2O3. The molecule has 5 nitrogen and oxygen atoms in total. The number of morpholine rings is 1. The fraction of sp³-hybridized carbons (Fsp3) is 0.240. The normalized spacial score (nSPS) is 14.2. The van der Waals surface area contributed by atoms with Crippen LogP contribution in [0.1, 0.15) is 5.56 Å². The van der Waals surface area contributed by atoms with Crippen LogP contribution in [0.5, 0.6) is 5.75 Å². The van der Waals surface area contributed by atoms with Crippen LogP contribution >= 0.6 is 11.6 Å². The minimum atomic E-state index is -0.230. The molecule has 0 unspecified atom stereocenters. The Morgan fingerprint density at radius 3 is 2.55 bits per heavy atom. The average molecular weight is 437 g/mol. The number of amides is 1. The summed E-state index contributed by atoms with van der Waals surface area (Å²) in [5.41, 5.74) is 3.98. The van der Waals surface area contributed by atoms with E-state index in [2.05, 4.69) is 16.3 Å². The van der Waals surface area contributed by atoms with Gasteiger partial charge >= 0.3 is 0 Å². The van der Waals surface area contributed by atoms with Crippen molar-refractivity contribution in [2.75, 3.05) is 38.2 Å². The Kier molecular flexibility index (Phi) is 7.20. The molecule has 0 atom stereocenters. The topological polar surface area (TPSA) is 50.8 Å². The van der Waals surface area contributed by atoms with Crippen molar-refractivity contribution in [1.82, 2.24) is 4.90 Å². The fourth-order valence-corrected chi connectivity index (χ4v) is 3.77. The zero-order chi connectivity index (χ0) is 21.5. The van der Waals surface area contributed by atoms with E-state index in [4.69, 9.17) is 21.1 Å². The lowest BCUT2D eigenvalue weighted by Gasteiger charge is -2.26. The molecule has 0 bridgehead atoms. The number of nitrogens with one attached hydrogen (secondary N) is 1. The molecule has 1 aliphatic rings. The zero-order valence-corrected chi connectivity index (χ0v) is 18.0. The molecular weight excluding hydrogens is 412 g/mol. The van der Waals surface area contributed by atoms with Crippen LogP contribution in [-0.4, -0.2) is 43.7 Å². The van der Waals surface area contributed by atoms with E-state index < -0.39 is 0 Å². The monoisotopic (exact) mass is 436 g/mol.